The largest absolute Gasteiger partial charge is 0.465 e. The van der Waals surface area contributed by atoms with Gasteiger partial charge in [-0.05, 0) is 24.2 Å². The summed E-state index contributed by atoms with van der Waals surface area (Å²) in [5, 5.41) is 20.6. The van der Waals surface area contributed by atoms with E-state index in [1.165, 1.54) is 18.5 Å². The second-order valence-electron chi connectivity index (χ2n) is 7.59. The molecule has 1 unspecified atom stereocenters. The number of carbonyl (C=O) groups is 1. The van der Waals surface area contributed by atoms with E-state index in [0.29, 0.717) is 0 Å². The normalized spacial score (nSPS) is 25.1. The minimum atomic E-state index is -2.11. The fraction of sp³-hybridized carbons (Fsp3) is 0.625. The molecule has 0 radical (unpaired) electrons. The van der Waals surface area contributed by atoms with Crippen molar-refractivity contribution in [3.63, 3.8) is 0 Å². The zero-order valence-corrected chi connectivity index (χ0v) is 15.8. The summed E-state index contributed by atoms with van der Waals surface area (Å²) >= 11 is 0. The van der Waals surface area contributed by atoms with Crippen LogP contribution in [0.1, 0.15) is 26.7 Å². The molecular weight excluding hydrogens is 328 g/mol. The summed E-state index contributed by atoms with van der Waals surface area (Å²) in [4.78, 5) is 16.8. The maximum Gasteiger partial charge on any atom is 0.408 e. The van der Waals surface area contributed by atoms with Crippen molar-refractivity contribution in [2.45, 2.75) is 50.5 Å². The predicted molar refractivity (Wildman–Crippen MR) is 91.2 cm³/mol. The first-order valence-corrected chi connectivity index (χ1v) is 10.8. The van der Waals surface area contributed by atoms with Crippen LogP contribution in [0.25, 0.3) is 0 Å². The molecule has 24 heavy (non-hydrogen) atoms. The monoisotopic (exact) mass is 354 g/mol. The first-order chi connectivity index (χ1) is 11.0. The highest BCUT2D eigenvalue weighted by molar-refractivity contribution is 6.74. The molecule has 7 nitrogen and oxygen atoms in total. The molecule has 1 aromatic rings. The van der Waals surface area contributed by atoms with Crippen LogP contribution in [-0.2, 0) is 10.0 Å². The number of aromatic nitrogens is 1. The van der Waals surface area contributed by atoms with Crippen molar-refractivity contribution in [1.82, 2.24) is 9.88 Å². The third kappa shape index (κ3) is 3.40. The predicted octanol–water partition coefficient (Wildman–Crippen LogP) is 2.80. The average Bonchev–Trinajstić information content (AvgIpc) is 2.99. The molecule has 0 spiro atoms. The fourth-order valence-corrected chi connectivity index (χ4v) is 3.40. The lowest BCUT2D eigenvalue weighted by molar-refractivity contribution is -0.0492. The van der Waals surface area contributed by atoms with Crippen molar-refractivity contribution < 1.29 is 23.9 Å². The number of amides is 1. The third-order valence-corrected chi connectivity index (χ3v) is 9.49. The van der Waals surface area contributed by atoms with Gasteiger partial charge in [0.1, 0.15) is 6.26 Å². The summed E-state index contributed by atoms with van der Waals surface area (Å²) in [6.07, 6.45) is 4.80. The molecule has 0 fully saturated rings. The van der Waals surface area contributed by atoms with Crippen LogP contribution in [0, 0.1) is 0 Å². The summed E-state index contributed by atoms with van der Waals surface area (Å²) in [6, 6.07) is -0.826. The van der Waals surface area contributed by atoms with Crippen LogP contribution in [0.5, 0.6) is 0 Å². The van der Waals surface area contributed by atoms with Gasteiger partial charge in [0.2, 0.25) is 5.89 Å². The Kier molecular flexibility index (Phi) is 4.94. The standard InChI is InChI=1S/C16H26N2O5Si/c1-15(2,3)24(4,5)23-11-12-16(21,13-17-8-10-22-13)7-6-9-18(12)14(19)20/h6-8,10,12,21H,9,11H2,1-5H3,(H,19,20)/t12-,16?/m1/s1. The van der Waals surface area contributed by atoms with Gasteiger partial charge < -0.3 is 19.1 Å². The molecule has 2 rings (SSSR count). The first-order valence-electron chi connectivity index (χ1n) is 7.92. The number of nitrogens with zero attached hydrogens (tertiary/aromatic N) is 2. The summed E-state index contributed by atoms with van der Waals surface area (Å²) in [7, 11) is -2.11. The van der Waals surface area contributed by atoms with E-state index in [9.17, 15) is 15.0 Å². The van der Waals surface area contributed by atoms with E-state index < -0.39 is 26.1 Å². The average molecular weight is 354 g/mol. The second kappa shape index (κ2) is 6.34. The van der Waals surface area contributed by atoms with Crippen LogP contribution in [0.2, 0.25) is 18.1 Å². The lowest BCUT2D eigenvalue weighted by Gasteiger charge is -2.43. The Morgan fingerprint density at radius 1 is 1.54 bits per heavy atom. The highest BCUT2D eigenvalue weighted by Gasteiger charge is 2.49. The van der Waals surface area contributed by atoms with Crippen molar-refractivity contribution in [2.75, 3.05) is 13.2 Å². The van der Waals surface area contributed by atoms with Crippen molar-refractivity contribution >= 4 is 14.4 Å². The molecule has 1 aromatic heterocycles. The quantitative estimate of drug-likeness (QED) is 0.637. The van der Waals surface area contributed by atoms with Gasteiger partial charge in [-0.3, -0.25) is 4.90 Å². The number of hydrogen-bond acceptors (Lipinski definition) is 5. The molecule has 0 aliphatic carbocycles. The van der Waals surface area contributed by atoms with E-state index in [0.717, 1.165) is 4.90 Å². The lowest BCUT2D eigenvalue weighted by atomic mass is 9.90. The molecule has 0 bridgehead atoms. The van der Waals surface area contributed by atoms with Crippen molar-refractivity contribution in [1.29, 1.82) is 0 Å². The van der Waals surface area contributed by atoms with Gasteiger partial charge in [0, 0.05) is 6.54 Å². The zero-order chi connectivity index (χ0) is 18.2. The Labute approximate surface area is 143 Å². The van der Waals surface area contributed by atoms with E-state index in [1.54, 1.807) is 6.08 Å². The van der Waals surface area contributed by atoms with E-state index in [1.807, 2.05) is 0 Å². The number of hydrogen-bond donors (Lipinski definition) is 2. The van der Waals surface area contributed by atoms with Gasteiger partial charge >= 0.3 is 6.09 Å². The highest BCUT2D eigenvalue weighted by atomic mass is 28.4. The topological polar surface area (TPSA) is 96.0 Å². The summed E-state index contributed by atoms with van der Waals surface area (Å²) in [6.45, 7) is 10.7. The Bertz CT molecular complexity index is 608. The molecule has 1 aliphatic rings. The number of oxazole rings is 1. The summed E-state index contributed by atoms with van der Waals surface area (Å²) in [5.41, 5.74) is -1.65. The Balaban J connectivity index is 2.33. The summed E-state index contributed by atoms with van der Waals surface area (Å²) in [5.74, 6) is 0.0635. The Morgan fingerprint density at radius 3 is 2.71 bits per heavy atom. The Morgan fingerprint density at radius 2 is 2.21 bits per heavy atom. The van der Waals surface area contributed by atoms with Gasteiger partial charge in [0.15, 0.2) is 13.9 Å². The van der Waals surface area contributed by atoms with Crippen LogP contribution in [-0.4, -0.2) is 53.7 Å². The van der Waals surface area contributed by atoms with Gasteiger partial charge in [0.05, 0.1) is 18.8 Å². The zero-order valence-electron chi connectivity index (χ0n) is 14.8. The fourth-order valence-electron chi connectivity index (χ4n) is 2.39. The maximum atomic E-state index is 11.6. The smallest absolute Gasteiger partial charge is 0.408 e. The minimum absolute atomic E-state index is 0.0212. The number of rotatable bonds is 4. The van der Waals surface area contributed by atoms with E-state index in [2.05, 4.69) is 38.8 Å². The molecule has 0 aromatic carbocycles. The van der Waals surface area contributed by atoms with Crippen LogP contribution in [0.4, 0.5) is 4.79 Å². The van der Waals surface area contributed by atoms with Crippen LogP contribution in [0.3, 0.4) is 0 Å². The molecule has 2 N–H and O–H groups in total. The lowest BCUT2D eigenvalue weighted by Crippen LogP contribution is -2.58. The number of carboxylic acid groups (broad SMARTS) is 1. The van der Waals surface area contributed by atoms with Gasteiger partial charge in [-0.2, -0.15) is 0 Å². The van der Waals surface area contributed by atoms with Gasteiger partial charge in [-0.15, -0.1) is 0 Å². The molecule has 8 heteroatoms. The third-order valence-electron chi connectivity index (χ3n) is 4.99. The SMILES string of the molecule is CC(C)(C)[Si](C)(C)OC[C@H]1N(C(=O)O)CC=CC1(O)c1ncco1. The molecule has 0 saturated carbocycles. The second-order valence-corrected chi connectivity index (χ2v) is 12.4. The first kappa shape index (κ1) is 18.7. The molecule has 2 atom stereocenters. The van der Waals surface area contributed by atoms with Gasteiger partial charge in [-0.25, -0.2) is 9.78 Å². The maximum absolute atomic E-state index is 11.6. The van der Waals surface area contributed by atoms with E-state index >= 15 is 0 Å². The van der Waals surface area contributed by atoms with E-state index in [4.69, 9.17) is 8.84 Å². The minimum Gasteiger partial charge on any atom is -0.465 e. The molecule has 1 amide bonds. The van der Waals surface area contributed by atoms with Gasteiger partial charge in [0.25, 0.3) is 0 Å². The van der Waals surface area contributed by atoms with Gasteiger partial charge in [-0.1, -0.05) is 26.8 Å². The Hall–Kier alpha value is -1.64. The number of aliphatic hydroxyl groups is 1. The van der Waals surface area contributed by atoms with E-state index in [-0.39, 0.29) is 24.1 Å². The van der Waals surface area contributed by atoms with Crippen molar-refractivity contribution in [3.05, 3.63) is 30.5 Å². The molecule has 1 aliphatic heterocycles. The molecule has 2 heterocycles. The van der Waals surface area contributed by atoms with Crippen LogP contribution in [0.15, 0.2) is 29.0 Å². The summed E-state index contributed by atoms with van der Waals surface area (Å²) < 4.78 is 11.4. The van der Waals surface area contributed by atoms with Crippen LogP contribution >= 0.6 is 0 Å². The van der Waals surface area contributed by atoms with Crippen molar-refractivity contribution in [3.8, 4) is 0 Å². The molecule has 134 valence electrons. The molecular formula is C16H26N2O5Si. The molecule has 0 saturated heterocycles. The highest BCUT2D eigenvalue weighted by Crippen LogP contribution is 2.38. The van der Waals surface area contributed by atoms with Crippen LogP contribution < -0.4 is 0 Å². The van der Waals surface area contributed by atoms with Crippen molar-refractivity contribution in [2.24, 2.45) is 0 Å².